The van der Waals surface area contributed by atoms with Crippen molar-refractivity contribution < 1.29 is 0 Å². The fraction of sp³-hybridized carbons (Fsp3) is 0.417. The third-order valence-corrected chi connectivity index (χ3v) is 2.98. The lowest BCUT2D eigenvalue weighted by molar-refractivity contribution is 0.992. The largest absolute Gasteiger partial charge is 0.385 e. The zero-order chi connectivity index (χ0) is 10.9. The van der Waals surface area contributed by atoms with Crippen LogP contribution in [0.1, 0.15) is 18.9 Å². The quantitative estimate of drug-likeness (QED) is 0.748. The van der Waals surface area contributed by atoms with E-state index in [0.29, 0.717) is 5.56 Å². The molecule has 80 valence electrons. The number of nitriles is 1. The van der Waals surface area contributed by atoms with E-state index < -0.39 is 0 Å². The molecule has 15 heavy (non-hydrogen) atoms. The number of hydrogen-bond donors (Lipinski definition) is 1. The maximum Gasteiger partial charge on any atom is 0.0992 e. The summed E-state index contributed by atoms with van der Waals surface area (Å²) in [6.45, 7) is 3.15. The third kappa shape index (κ3) is 4.75. The predicted octanol–water partition coefficient (Wildman–Crippen LogP) is 3.11. The van der Waals surface area contributed by atoms with Gasteiger partial charge >= 0.3 is 0 Å². The van der Waals surface area contributed by atoms with E-state index in [-0.39, 0.29) is 0 Å². The van der Waals surface area contributed by atoms with Gasteiger partial charge in [0.2, 0.25) is 0 Å². The molecule has 1 rings (SSSR count). The van der Waals surface area contributed by atoms with Gasteiger partial charge in [-0.15, -0.1) is 0 Å². The number of nitrogens with one attached hydrogen (secondary N) is 1. The maximum atomic E-state index is 8.72. The summed E-state index contributed by atoms with van der Waals surface area (Å²) < 4.78 is 0. The molecule has 0 fully saturated rings. The van der Waals surface area contributed by atoms with Gasteiger partial charge in [-0.1, -0.05) is 13.0 Å². The Kier molecular flexibility index (Phi) is 5.72. The van der Waals surface area contributed by atoms with Crippen molar-refractivity contribution >= 4 is 17.4 Å². The smallest absolute Gasteiger partial charge is 0.0992 e. The molecule has 0 aliphatic rings. The molecule has 0 bridgehead atoms. The minimum absolute atomic E-state index is 0.711. The molecule has 0 heterocycles. The molecule has 0 aliphatic carbocycles. The Balaban J connectivity index is 2.28. The summed E-state index contributed by atoms with van der Waals surface area (Å²) in [5, 5.41) is 12.0. The Morgan fingerprint density at radius 1 is 1.47 bits per heavy atom. The molecule has 1 N–H and O–H groups in total. The molecule has 0 atom stereocenters. The lowest BCUT2D eigenvalue weighted by Crippen LogP contribution is -2.02. The monoisotopic (exact) mass is 220 g/mol. The van der Waals surface area contributed by atoms with E-state index in [4.69, 9.17) is 5.26 Å². The number of benzene rings is 1. The molecule has 1 aromatic rings. The van der Waals surface area contributed by atoms with Crippen LogP contribution < -0.4 is 5.32 Å². The standard InChI is InChI=1S/C12H16N2S/c1-2-15-8-4-7-14-12-6-3-5-11(9-12)10-13/h3,5-6,9,14H,2,4,7-8H2,1H3. The highest BCUT2D eigenvalue weighted by Crippen LogP contribution is 2.10. The Labute approximate surface area is 95.7 Å². The second-order valence-corrected chi connectivity index (χ2v) is 4.56. The van der Waals surface area contributed by atoms with Crippen molar-refractivity contribution in [3.8, 4) is 6.07 Å². The molecular weight excluding hydrogens is 204 g/mol. The van der Waals surface area contributed by atoms with Gasteiger partial charge in [-0.3, -0.25) is 0 Å². The van der Waals surface area contributed by atoms with E-state index in [9.17, 15) is 0 Å². The van der Waals surface area contributed by atoms with Crippen molar-refractivity contribution in [2.75, 3.05) is 23.4 Å². The number of hydrogen-bond acceptors (Lipinski definition) is 3. The minimum Gasteiger partial charge on any atom is -0.385 e. The molecule has 0 aromatic heterocycles. The first kappa shape index (κ1) is 11.9. The summed E-state index contributed by atoms with van der Waals surface area (Å²) in [5.74, 6) is 2.38. The molecule has 0 radical (unpaired) electrons. The molecule has 3 heteroatoms. The first-order valence-electron chi connectivity index (χ1n) is 5.18. The van der Waals surface area contributed by atoms with Crippen molar-refractivity contribution in [3.63, 3.8) is 0 Å². The zero-order valence-electron chi connectivity index (χ0n) is 8.99. The summed E-state index contributed by atoms with van der Waals surface area (Å²) in [7, 11) is 0. The minimum atomic E-state index is 0.711. The topological polar surface area (TPSA) is 35.8 Å². The van der Waals surface area contributed by atoms with Crippen LogP contribution in [0.2, 0.25) is 0 Å². The lowest BCUT2D eigenvalue weighted by atomic mass is 10.2. The summed E-state index contributed by atoms with van der Waals surface area (Å²) >= 11 is 1.96. The fourth-order valence-electron chi connectivity index (χ4n) is 1.25. The predicted molar refractivity (Wildman–Crippen MR) is 67.3 cm³/mol. The van der Waals surface area contributed by atoms with Gasteiger partial charge in [0.05, 0.1) is 11.6 Å². The Hall–Kier alpha value is -1.14. The van der Waals surface area contributed by atoms with Gasteiger partial charge in [0.25, 0.3) is 0 Å². The second-order valence-electron chi connectivity index (χ2n) is 3.17. The van der Waals surface area contributed by atoms with Crippen LogP contribution in [0.25, 0.3) is 0 Å². The molecule has 0 saturated carbocycles. The highest BCUT2D eigenvalue weighted by molar-refractivity contribution is 7.99. The maximum absolute atomic E-state index is 8.72. The molecule has 0 spiro atoms. The van der Waals surface area contributed by atoms with E-state index in [0.717, 1.165) is 18.7 Å². The number of nitrogens with zero attached hydrogens (tertiary/aromatic N) is 1. The van der Waals surface area contributed by atoms with Crippen molar-refractivity contribution in [2.45, 2.75) is 13.3 Å². The van der Waals surface area contributed by atoms with E-state index in [2.05, 4.69) is 18.3 Å². The van der Waals surface area contributed by atoms with E-state index in [1.165, 1.54) is 11.5 Å². The van der Waals surface area contributed by atoms with Gasteiger partial charge in [-0.05, 0) is 36.1 Å². The first-order chi connectivity index (χ1) is 7.36. The summed E-state index contributed by atoms with van der Waals surface area (Å²) in [4.78, 5) is 0. The van der Waals surface area contributed by atoms with Crippen LogP contribution in [0.15, 0.2) is 24.3 Å². The van der Waals surface area contributed by atoms with Crippen LogP contribution in [-0.4, -0.2) is 18.1 Å². The Bertz CT molecular complexity index is 331. The Morgan fingerprint density at radius 3 is 3.07 bits per heavy atom. The molecule has 1 aromatic carbocycles. The highest BCUT2D eigenvalue weighted by Gasteiger charge is 1.93. The van der Waals surface area contributed by atoms with Gasteiger partial charge in [0, 0.05) is 12.2 Å². The van der Waals surface area contributed by atoms with Crippen LogP contribution in [0.5, 0.6) is 0 Å². The molecule has 0 amide bonds. The van der Waals surface area contributed by atoms with Gasteiger partial charge in [-0.25, -0.2) is 0 Å². The molecule has 0 saturated heterocycles. The number of thioether (sulfide) groups is 1. The van der Waals surface area contributed by atoms with Crippen molar-refractivity contribution in [1.29, 1.82) is 5.26 Å². The Morgan fingerprint density at radius 2 is 2.33 bits per heavy atom. The van der Waals surface area contributed by atoms with Crippen LogP contribution in [0.3, 0.4) is 0 Å². The molecule has 2 nitrogen and oxygen atoms in total. The van der Waals surface area contributed by atoms with Crippen LogP contribution in [0.4, 0.5) is 5.69 Å². The van der Waals surface area contributed by atoms with E-state index >= 15 is 0 Å². The van der Waals surface area contributed by atoms with Crippen LogP contribution in [0, 0.1) is 11.3 Å². The van der Waals surface area contributed by atoms with Crippen LogP contribution >= 0.6 is 11.8 Å². The lowest BCUT2D eigenvalue weighted by Gasteiger charge is -2.05. The van der Waals surface area contributed by atoms with Gasteiger partial charge in [-0.2, -0.15) is 17.0 Å². The first-order valence-corrected chi connectivity index (χ1v) is 6.34. The van der Waals surface area contributed by atoms with Crippen LogP contribution in [-0.2, 0) is 0 Å². The normalized spacial score (nSPS) is 9.60. The molecular formula is C12H16N2S. The second kappa shape index (κ2) is 7.19. The summed E-state index contributed by atoms with van der Waals surface area (Å²) in [6, 6.07) is 9.73. The number of rotatable bonds is 6. The SMILES string of the molecule is CCSCCCNc1cccc(C#N)c1. The van der Waals surface area contributed by atoms with E-state index in [1.54, 1.807) is 0 Å². The highest BCUT2D eigenvalue weighted by atomic mass is 32.2. The van der Waals surface area contributed by atoms with Crippen molar-refractivity contribution in [3.05, 3.63) is 29.8 Å². The van der Waals surface area contributed by atoms with Crippen molar-refractivity contribution in [2.24, 2.45) is 0 Å². The van der Waals surface area contributed by atoms with Gasteiger partial charge in [0.1, 0.15) is 0 Å². The summed E-state index contributed by atoms with van der Waals surface area (Å²) in [6.07, 6.45) is 1.16. The van der Waals surface area contributed by atoms with Gasteiger partial charge < -0.3 is 5.32 Å². The average Bonchev–Trinajstić information content (AvgIpc) is 2.29. The zero-order valence-corrected chi connectivity index (χ0v) is 9.81. The third-order valence-electron chi connectivity index (χ3n) is 1.99. The van der Waals surface area contributed by atoms with Gasteiger partial charge in [0.15, 0.2) is 0 Å². The average molecular weight is 220 g/mol. The number of anilines is 1. The molecule has 0 aliphatic heterocycles. The molecule has 0 unspecified atom stereocenters. The fourth-order valence-corrected chi connectivity index (χ4v) is 1.89. The summed E-state index contributed by atoms with van der Waals surface area (Å²) in [5.41, 5.74) is 1.75. The van der Waals surface area contributed by atoms with E-state index in [1.807, 2.05) is 36.0 Å². The van der Waals surface area contributed by atoms with Crippen molar-refractivity contribution in [1.82, 2.24) is 0 Å².